The van der Waals surface area contributed by atoms with E-state index in [0.717, 1.165) is 6.42 Å². The van der Waals surface area contributed by atoms with Gasteiger partial charge in [0.15, 0.2) is 6.29 Å². The van der Waals surface area contributed by atoms with Crippen molar-refractivity contribution in [3.8, 4) is 0 Å². The second-order valence-corrected chi connectivity index (χ2v) is 12.7. The second-order valence-electron chi connectivity index (χ2n) is 12.7. The van der Waals surface area contributed by atoms with E-state index in [9.17, 15) is 24.9 Å². The monoisotopic (exact) mass is 588 g/mol. The van der Waals surface area contributed by atoms with Gasteiger partial charge in [0.1, 0.15) is 17.8 Å². The number of aliphatic hydroxyl groups is 3. The van der Waals surface area contributed by atoms with Gasteiger partial charge in [-0.1, -0.05) is 27.7 Å². The maximum absolute atomic E-state index is 13.5. The van der Waals surface area contributed by atoms with E-state index in [4.69, 9.17) is 18.9 Å². The lowest BCUT2D eigenvalue weighted by Gasteiger charge is -2.46. The SMILES string of the molecule is CCC1C(=O)OC(CC)C(C)(O)C(O)C(C)NC(=O)C(C)CC(C)(OC)C(OC2CC(NC)CC(C)O2)C(C)C1O. The molecular weight excluding hydrogens is 532 g/mol. The highest BCUT2D eigenvalue weighted by atomic mass is 16.7. The molecule has 240 valence electrons. The van der Waals surface area contributed by atoms with Gasteiger partial charge in [-0.2, -0.15) is 0 Å². The van der Waals surface area contributed by atoms with Crippen molar-refractivity contribution >= 4 is 11.9 Å². The molecule has 2 aliphatic heterocycles. The first-order valence-electron chi connectivity index (χ1n) is 15.2. The molecule has 0 aromatic heterocycles. The summed E-state index contributed by atoms with van der Waals surface area (Å²) in [4.78, 5) is 26.8. The lowest BCUT2D eigenvalue weighted by molar-refractivity contribution is -0.267. The number of cyclic esters (lactones) is 1. The van der Waals surface area contributed by atoms with Crippen molar-refractivity contribution in [2.24, 2.45) is 17.8 Å². The van der Waals surface area contributed by atoms with Crippen LogP contribution < -0.4 is 10.6 Å². The minimum atomic E-state index is -1.86. The zero-order valence-electron chi connectivity index (χ0n) is 26.7. The molecule has 41 heavy (non-hydrogen) atoms. The molecule has 2 fully saturated rings. The summed E-state index contributed by atoms with van der Waals surface area (Å²) in [5, 5.41) is 40.1. The van der Waals surface area contributed by atoms with Crippen molar-refractivity contribution in [3.63, 3.8) is 0 Å². The maximum atomic E-state index is 13.5. The first kappa shape index (κ1) is 35.9. The van der Waals surface area contributed by atoms with Gasteiger partial charge in [-0.05, 0) is 60.4 Å². The van der Waals surface area contributed by atoms with E-state index in [1.165, 1.54) is 14.0 Å². The van der Waals surface area contributed by atoms with Gasteiger partial charge in [-0.25, -0.2) is 0 Å². The molecule has 0 aromatic carbocycles. The standard InChI is InChI=1S/C30H56N2O9/c1-11-21-24(33)18(5)26(41-23-14-20(31-9)13-17(4)39-23)29(7,38-10)15-16(3)27(35)32-19(6)25(34)30(8,37)22(12-2)40-28(21)36/h16-26,31,33-34,37H,11-15H2,1-10H3,(H,32,35). The Hall–Kier alpha value is -1.34. The highest BCUT2D eigenvalue weighted by Gasteiger charge is 2.50. The maximum Gasteiger partial charge on any atom is 0.311 e. The average molecular weight is 589 g/mol. The van der Waals surface area contributed by atoms with Gasteiger partial charge in [0, 0.05) is 31.4 Å². The summed E-state index contributed by atoms with van der Waals surface area (Å²) in [5.74, 6) is -3.18. The number of aliphatic hydroxyl groups excluding tert-OH is 2. The topological polar surface area (TPSA) is 156 Å². The number of hydrogen-bond donors (Lipinski definition) is 5. The van der Waals surface area contributed by atoms with Gasteiger partial charge in [-0.15, -0.1) is 0 Å². The molecule has 0 aliphatic carbocycles. The van der Waals surface area contributed by atoms with Crippen molar-refractivity contribution in [2.45, 2.75) is 148 Å². The van der Waals surface area contributed by atoms with Crippen LogP contribution in [0.3, 0.4) is 0 Å². The summed E-state index contributed by atoms with van der Waals surface area (Å²) in [7, 11) is 3.43. The van der Waals surface area contributed by atoms with Crippen molar-refractivity contribution < 1.29 is 43.9 Å². The number of methoxy groups -OCH3 is 1. The minimum absolute atomic E-state index is 0.0581. The molecule has 0 saturated carbocycles. The number of rotatable bonds is 6. The van der Waals surface area contributed by atoms with E-state index in [-0.39, 0.29) is 37.3 Å². The number of carbonyl (C=O) groups excluding carboxylic acids is 2. The van der Waals surface area contributed by atoms with Crippen LogP contribution in [0.4, 0.5) is 0 Å². The van der Waals surface area contributed by atoms with Crippen molar-refractivity contribution in [2.75, 3.05) is 14.2 Å². The molecule has 2 heterocycles. The fourth-order valence-corrected chi connectivity index (χ4v) is 6.51. The van der Waals surface area contributed by atoms with Crippen LogP contribution in [0.15, 0.2) is 0 Å². The Morgan fingerprint density at radius 3 is 2.24 bits per heavy atom. The summed E-state index contributed by atoms with van der Waals surface area (Å²) in [6.45, 7) is 13.9. The average Bonchev–Trinajstić information content (AvgIpc) is 2.92. The molecular formula is C30H56N2O9. The quantitative estimate of drug-likeness (QED) is 0.291. The third kappa shape index (κ3) is 8.40. The molecule has 0 aromatic rings. The molecule has 11 heteroatoms. The van der Waals surface area contributed by atoms with Crippen LogP contribution in [0.2, 0.25) is 0 Å². The zero-order chi connectivity index (χ0) is 31.3. The number of carbonyl (C=O) groups is 2. The molecule has 0 radical (unpaired) electrons. The predicted octanol–water partition coefficient (Wildman–Crippen LogP) is 1.89. The van der Waals surface area contributed by atoms with E-state index in [1.54, 1.807) is 34.6 Å². The highest BCUT2D eigenvalue weighted by Crippen LogP contribution is 2.38. The molecule has 11 nitrogen and oxygen atoms in total. The van der Waals surface area contributed by atoms with Crippen molar-refractivity contribution in [1.29, 1.82) is 0 Å². The number of esters is 1. The van der Waals surface area contributed by atoms with Gasteiger partial charge in [-0.3, -0.25) is 9.59 Å². The molecule has 2 saturated heterocycles. The van der Waals surface area contributed by atoms with Crippen LogP contribution in [-0.4, -0.2) is 101 Å². The van der Waals surface area contributed by atoms with E-state index in [1.807, 2.05) is 20.9 Å². The Morgan fingerprint density at radius 2 is 1.71 bits per heavy atom. The van der Waals surface area contributed by atoms with Gasteiger partial charge < -0.3 is 44.9 Å². The lowest BCUT2D eigenvalue weighted by Crippen LogP contribution is -2.59. The van der Waals surface area contributed by atoms with Gasteiger partial charge in [0.05, 0.1) is 35.9 Å². The summed E-state index contributed by atoms with van der Waals surface area (Å²) >= 11 is 0. The Kier molecular flexibility index (Phi) is 13.0. The molecule has 5 N–H and O–H groups in total. The van der Waals surface area contributed by atoms with Crippen LogP contribution in [-0.2, 0) is 28.5 Å². The normalized spacial score (nSPS) is 45.7. The van der Waals surface area contributed by atoms with E-state index in [2.05, 4.69) is 10.6 Å². The van der Waals surface area contributed by atoms with E-state index < -0.39 is 71.7 Å². The molecule has 0 spiro atoms. The minimum Gasteiger partial charge on any atom is -0.459 e. The smallest absolute Gasteiger partial charge is 0.311 e. The van der Waals surface area contributed by atoms with Crippen LogP contribution in [0.5, 0.6) is 0 Å². The zero-order valence-corrected chi connectivity index (χ0v) is 26.7. The van der Waals surface area contributed by atoms with E-state index in [0.29, 0.717) is 6.42 Å². The Labute approximate surface area is 246 Å². The van der Waals surface area contributed by atoms with Crippen LogP contribution in [0.25, 0.3) is 0 Å². The molecule has 2 rings (SSSR count). The van der Waals surface area contributed by atoms with Crippen LogP contribution >= 0.6 is 0 Å². The second kappa shape index (κ2) is 14.9. The highest BCUT2D eigenvalue weighted by molar-refractivity contribution is 5.78. The fraction of sp³-hybridized carbons (Fsp3) is 0.933. The predicted molar refractivity (Wildman–Crippen MR) is 154 cm³/mol. The number of amides is 1. The molecule has 13 unspecified atom stereocenters. The summed E-state index contributed by atoms with van der Waals surface area (Å²) in [6.07, 6.45) is -3.02. The summed E-state index contributed by atoms with van der Waals surface area (Å²) in [5.41, 5.74) is -2.93. The van der Waals surface area contributed by atoms with Crippen LogP contribution in [0.1, 0.15) is 87.5 Å². The lowest BCUT2D eigenvalue weighted by atomic mass is 9.77. The number of ether oxygens (including phenoxy) is 4. The first-order chi connectivity index (χ1) is 19.1. The van der Waals surface area contributed by atoms with Gasteiger partial charge in [0.25, 0.3) is 0 Å². The van der Waals surface area contributed by atoms with Gasteiger partial charge in [0.2, 0.25) is 5.91 Å². The Balaban J connectivity index is 2.58. The van der Waals surface area contributed by atoms with E-state index >= 15 is 0 Å². The van der Waals surface area contributed by atoms with Crippen molar-refractivity contribution in [3.05, 3.63) is 0 Å². The fourth-order valence-electron chi connectivity index (χ4n) is 6.51. The van der Waals surface area contributed by atoms with Crippen LogP contribution in [0, 0.1) is 17.8 Å². The van der Waals surface area contributed by atoms with Gasteiger partial charge >= 0.3 is 5.97 Å². The summed E-state index contributed by atoms with van der Waals surface area (Å²) in [6, 6.07) is -0.671. The summed E-state index contributed by atoms with van der Waals surface area (Å²) < 4.78 is 24.6. The third-order valence-corrected chi connectivity index (χ3v) is 9.31. The molecule has 13 atom stereocenters. The third-order valence-electron chi connectivity index (χ3n) is 9.31. The molecule has 0 bridgehead atoms. The molecule has 2 aliphatic rings. The largest absolute Gasteiger partial charge is 0.459 e. The van der Waals surface area contributed by atoms with Crippen molar-refractivity contribution in [1.82, 2.24) is 10.6 Å². The Bertz CT molecular complexity index is 858. The number of hydrogen-bond acceptors (Lipinski definition) is 10. The first-order valence-corrected chi connectivity index (χ1v) is 15.2. The number of nitrogens with one attached hydrogen (secondary N) is 2. The Morgan fingerprint density at radius 1 is 1.07 bits per heavy atom. The molecule has 1 amide bonds.